The molecule has 0 radical (unpaired) electrons. The van der Waals surface area contributed by atoms with E-state index in [2.05, 4.69) is 33.1 Å². The van der Waals surface area contributed by atoms with Crippen LogP contribution < -0.4 is 4.90 Å². The number of aromatic nitrogens is 2. The van der Waals surface area contributed by atoms with Crippen LogP contribution in [0.1, 0.15) is 9.67 Å². The summed E-state index contributed by atoms with van der Waals surface area (Å²) in [6.45, 7) is 2.95. The van der Waals surface area contributed by atoms with E-state index in [9.17, 15) is 4.79 Å². The van der Waals surface area contributed by atoms with Gasteiger partial charge in [0.25, 0.3) is 5.91 Å². The van der Waals surface area contributed by atoms with Gasteiger partial charge in [0.15, 0.2) is 0 Å². The second kappa shape index (κ2) is 7.33. The molecule has 0 aliphatic carbocycles. The van der Waals surface area contributed by atoms with Crippen LogP contribution in [0.3, 0.4) is 0 Å². The van der Waals surface area contributed by atoms with Crippen LogP contribution in [0.15, 0.2) is 59.6 Å². The molecule has 5 nitrogen and oxygen atoms in total. The fourth-order valence-electron chi connectivity index (χ4n) is 3.61. The van der Waals surface area contributed by atoms with Gasteiger partial charge in [-0.3, -0.25) is 4.79 Å². The van der Waals surface area contributed by atoms with E-state index >= 15 is 0 Å². The van der Waals surface area contributed by atoms with Crippen molar-refractivity contribution in [1.29, 1.82) is 0 Å². The van der Waals surface area contributed by atoms with Crippen LogP contribution in [0.5, 0.6) is 0 Å². The van der Waals surface area contributed by atoms with Crippen molar-refractivity contribution >= 4 is 44.6 Å². The summed E-state index contributed by atoms with van der Waals surface area (Å²) in [5.41, 5.74) is 2.11. The molecule has 1 aliphatic rings. The third-order valence-corrected chi connectivity index (χ3v) is 6.77. The summed E-state index contributed by atoms with van der Waals surface area (Å²) in [6, 6.07) is 14.2. The van der Waals surface area contributed by atoms with Crippen LogP contribution in [0.4, 0.5) is 5.82 Å². The van der Waals surface area contributed by atoms with Gasteiger partial charge < -0.3 is 9.80 Å². The molecule has 0 unspecified atom stereocenters. The predicted molar refractivity (Wildman–Crippen MR) is 115 cm³/mol. The average Bonchev–Trinajstić information content (AvgIpc) is 3.43. The molecule has 1 saturated heterocycles. The zero-order valence-corrected chi connectivity index (χ0v) is 16.7. The van der Waals surface area contributed by atoms with E-state index in [0.717, 1.165) is 45.1 Å². The molecule has 0 saturated carbocycles. The number of thiophene rings is 2. The Hall–Kier alpha value is -2.77. The fraction of sp³-hybridized carbons (Fsp3) is 0.190. The molecule has 4 aromatic rings. The first-order valence-electron chi connectivity index (χ1n) is 9.16. The van der Waals surface area contributed by atoms with Gasteiger partial charge in [-0.1, -0.05) is 30.3 Å². The van der Waals surface area contributed by atoms with Gasteiger partial charge in [-0.05, 0) is 28.5 Å². The van der Waals surface area contributed by atoms with Crippen molar-refractivity contribution < 1.29 is 4.79 Å². The van der Waals surface area contributed by atoms with Crippen LogP contribution >= 0.6 is 22.7 Å². The number of nitrogens with zero attached hydrogens (tertiary/aromatic N) is 4. The molecule has 0 atom stereocenters. The molecule has 4 heterocycles. The quantitative estimate of drug-likeness (QED) is 0.507. The standard InChI is InChI=1S/C21H18N4OS2/c26-21(18-16(6-12-27-18)15-4-2-1-3-5-15)25-10-8-24(9-11-25)19-17-7-13-28-20(17)23-14-22-19/h1-7,12-14H,8-11H2. The molecule has 1 fully saturated rings. The zero-order chi connectivity index (χ0) is 18.9. The number of piperazine rings is 1. The largest absolute Gasteiger partial charge is 0.352 e. The molecule has 0 bridgehead atoms. The third kappa shape index (κ3) is 3.06. The Balaban J connectivity index is 1.33. The molecule has 1 aromatic carbocycles. The minimum Gasteiger partial charge on any atom is -0.352 e. The zero-order valence-electron chi connectivity index (χ0n) is 15.1. The summed E-state index contributed by atoms with van der Waals surface area (Å²) in [6.07, 6.45) is 1.63. The van der Waals surface area contributed by atoms with Gasteiger partial charge in [-0.15, -0.1) is 22.7 Å². The lowest BCUT2D eigenvalue weighted by molar-refractivity contribution is 0.0752. The Kier molecular flexibility index (Phi) is 4.54. The molecule has 1 amide bonds. The van der Waals surface area contributed by atoms with Crippen molar-refractivity contribution in [2.75, 3.05) is 31.1 Å². The molecule has 1 aliphatic heterocycles. The van der Waals surface area contributed by atoms with Gasteiger partial charge in [-0.2, -0.15) is 0 Å². The lowest BCUT2D eigenvalue weighted by Crippen LogP contribution is -2.49. The van der Waals surface area contributed by atoms with E-state index in [-0.39, 0.29) is 5.91 Å². The van der Waals surface area contributed by atoms with Crippen LogP contribution in [-0.4, -0.2) is 47.0 Å². The van der Waals surface area contributed by atoms with E-state index in [1.54, 1.807) is 17.7 Å². The Bertz CT molecular complexity index is 1110. The smallest absolute Gasteiger partial charge is 0.264 e. The number of hydrogen-bond acceptors (Lipinski definition) is 6. The number of amides is 1. The number of anilines is 1. The van der Waals surface area contributed by atoms with E-state index in [0.29, 0.717) is 13.1 Å². The fourth-order valence-corrected chi connectivity index (χ4v) is 5.22. The monoisotopic (exact) mass is 406 g/mol. The van der Waals surface area contributed by atoms with E-state index in [1.807, 2.05) is 39.9 Å². The Morgan fingerprint density at radius 2 is 1.68 bits per heavy atom. The van der Waals surface area contributed by atoms with Gasteiger partial charge in [-0.25, -0.2) is 9.97 Å². The highest BCUT2D eigenvalue weighted by molar-refractivity contribution is 7.16. The summed E-state index contributed by atoms with van der Waals surface area (Å²) in [7, 11) is 0. The van der Waals surface area contributed by atoms with Crippen molar-refractivity contribution in [2.45, 2.75) is 0 Å². The van der Waals surface area contributed by atoms with Gasteiger partial charge in [0, 0.05) is 31.7 Å². The Morgan fingerprint density at radius 1 is 0.893 bits per heavy atom. The van der Waals surface area contributed by atoms with Crippen LogP contribution in [-0.2, 0) is 0 Å². The number of carbonyl (C=O) groups excluding carboxylic acids is 1. The minimum atomic E-state index is 0.122. The summed E-state index contributed by atoms with van der Waals surface area (Å²) < 4.78 is 0. The second-order valence-electron chi connectivity index (χ2n) is 6.65. The van der Waals surface area contributed by atoms with Crippen molar-refractivity contribution in [1.82, 2.24) is 14.9 Å². The van der Waals surface area contributed by atoms with E-state index < -0.39 is 0 Å². The van der Waals surface area contributed by atoms with Crippen LogP contribution in [0.25, 0.3) is 21.3 Å². The number of hydrogen-bond donors (Lipinski definition) is 0. The van der Waals surface area contributed by atoms with Crippen LogP contribution in [0, 0.1) is 0 Å². The molecular formula is C21H18N4OS2. The molecular weight excluding hydrogens is 388 g/mol. The summed E-state index contributed by atoms with van der Waals surface area (Å²) in [5, 5.41) is 5.14. The lowest BCUT2D eigenvalue weighted by Gasteiger charge is -2.35. The summed E-state index contributed by atoms with van der Waals surface area (Å²) in [4.78, 5) is 28.0. The van der Waals surface area contributed by atoms with Gasteiger partial charge in [0.05, 0.1) is 10.3 Å². The number of carbonyl (C=O) groups is 1. The third-order valence-electron chi connectivity index (χ3n) is 5.05. The number of rotatable bonds is 3. The maximum absolute atomic E-state index is 13.2. The SMILES string of the molecule is O=C(c1sccc1-c1ccccc1)N1CCN(c2ncnc3sccc23)CC1. The Labute approximate surface area is 170 Å². The first kappa shape index (κ1) is 17.3. The van der Waals surface area contributed by atoms with Crippen molar-refractivity contribution in [2.24, 2.45) is 0 Å². The second-order valence-corrected chi connectivity index (χ2v) is 8.46. The predicted octanol–water partition coefficient (Wildman–Crippen LogP) is 4.38. The highest BCUT2D eigenvalue weighted by Crippen LogP contribution is 2.31. The lowest BCUT2D eigenvalue weighted by atomic mass is 10.1. The van der Waals surface area contributed by atoms with E-state index in [1.165, 1.54) is 11.3 Å². The maximum Gasteiger partial charge on any atom is 0.264 e. The molecule has 0 spiro atoms. The molecule has 140 valence electrons. The molecule has 0 N–H and O–H groups in total. The number of benzene rings is 1. The minimum absolute atomic E-state index is 0.122. The molecule has 28 heavy (non-hydrogen) atoms. The van der Waals surface area contributed by atoms with Gasteiger partial charge >= 0.3 is 0 Å². The van der Waals surface area contributed by atoms with Crippen molar-refractivity contribution in [3.8, 4) is 11.1 Å². The molecule has 5 rings (SSSR count). The average molecular weight is 407 g/mol. The highest BCUT2D eigenvalue weighted by atomic mass is 32.1. The van der Waals surface area contributed by atoms with E-state index in [4.69, 9.17) is 0 Å². The van der Waals surface area contributed by atoms with Gasteiger partial charge in [0.1, 0.15) is 17.0 Å². The van der Waals surface area contributed by atoms with Crippen molar-refractivity contribution in [3.05, 3.63) is 64.4 Å². The Morgan fingerprint density at radius 3 is 2.50 bits per heavy atom. The number of fused-ring (bicyclic) bond motifs is 1. The summed E-state index contributed by atoms with van der Waals surface area (Å²) in [5.74, 6) is 1.09. The first-order chi connectivity index (χ1) is 13.8. The normalized spacial score (nSPS) is 14.6. The first-order valence-corrected chi connectivity index (χ1v) is 10.9. The molecule has 3 aromatic heterocycles. The topological polar surface area (TPSA) is 49.3 Å². The van der Waals surface area contributed by atoms with Crippen molar-refractivity contribution in [3.63, 3.8) is 0 Å². The van der Waals surface area contributed by atoms with Gasteiger partial charge in [0.2, 0.25) is 0 Å². The van der Waals surface area contributed by atoms with Crippen LogP contribution in [0.2, 0.25) is 0 Å². The maximum atomic E-state index is 13.2. The molecule has 7 heteroatoms. The summed E-state index contributed by atoms with van der Waals surface area (Å²) >= 11 is 3.15. The highest BCUT2D eigenvalue weighted by Gasteiger charge is 2.26.